The minimum Gasteiger partial charge on any atom is -1.00 e. The number of hydrogen-bond donors (Lipinski definition) is 2. The van der Waals surface area contributed by atoms with E-state index in [1.165, 1.54) is 12.1 Å². The molecule has 0 spiro atoms. The van der Waals surface area contributed by atoms with E-state index >= 15 is 0 Å². The largest absolute Gasteiger partial charge is 1.00 e. The first kappa shape index (κ1) is 14.1. The van der Waals surface area contributed by atoms with Gasteiger partial charge in [0.15, 0.2) is 6.54 Å². The van der Waals surface area contributed by atoms with E-state index in [0.717, 1.165) is 6.07 Å². The molecule has 0 atom stereocenters. The van der Waals surface area contributed by atoms with Crippen LogP contribution in [0.3, 0.4) is 0 Å². The summed E-state index contributed by atoms with van der Waals surface area (Å²) in [4.78, 5) is 11.9. The summed E-state index contributed by atoms with van der Waals surface area (Å²) in [6.45, 7) is 0.152. The SMILES string of the molecule is C[n+]1ccn(CC(=O)c2ccc(O)cc2O)c1.[Cl-]. The first-order chi connectivity index (χ1) is 8.06. The zero-order valence-corrected chi connectivity index (χ0v) is 10.5. The molecule has 0 fully saturated rings. The summed E-state index contributed by atoms with van der Waals surface area (Å²) in [7, 11) is 1.86. The number of aryl methyl sites for hydroxylation is 1. The summed E-state index contributed by atoms with van der Waals surface area (Å²) in [6, 6.07) is 3.95. The third kappa shape index (κ3) is 3.01. The first-order valence-corrected chi connectivity index (χ1v) is 5.12. The minimum atomic E-state index is -0.210. The molecule has 0 saturated carbocycles. The standard InChI is InChI=1S/C12H12N2O3.ClH/c1-13-4-5-14(8-13)7-12(17)10-3-2-9(15)6-11(10)16;/h2-6,8H,7H2,1H3,(H-,15,16,17);1H. The second-order valence-corrected chi connectivity index (χ2v) is 3.88. The molecule has 0 aliphatic rings. The van der Waals surface area contributed by atoms with Crippen LogP contribution in [0.2, 0.25) is 0 Å². The smallest absolute Gasteiger partial charge is 0.243 e. The van der Waals surface area contributed by atoms with Crippen molar-refractivity contribution in [2.24, 2.45) is 7.05 Å². The van der Waals surface area contributed by atoms with Gasteiger partial charge < -0.3 is 22.6 Å². The molecular weight excluding hydrogens is 256 g/mol. The highest BCUT2D eigenvalue weighted by Crippen LogP contribution is 2.23. The molecule has 2 rings (SSSR count). The normalized spacial score (nSPS) is 9.83. The molecule has 0 aliphatic heterocycles. The number of carbonyl (C=O) groups is 1. The van der Waals surface area contributed by atoms with Gasteiger partial charge in [-0.25, -0.2) is 9.13 Å². The van der Waals surface area contributed by atoms with E-state index in [9.17, 15) is 9.90 Å². The Kier molecular flexibility index (Phi) is 4.33. The van der Waals surface area contributed by atoms with Crippen LogP contribution in [-0.2, 0) is 13.6 Å². The van der Waals surface area contributed by atoms with Gasteiger partial charge in [0, 0.05) is 6.07 Å². The number of carbonyl (C=O) groups excluding carboxylic acids is 1. The monoisotopic (exact) mass is 268 g/mol. The van der Waals surface area contributed by atoms with Gasteiger partial charge in [-0.2, -0.15) is 0 Å². The van der Waals surface area contributed by atoms with Crippen LogP contribution in [0.1, 0.15) is 10.4 Å². The van der Waals surface area contributed by atoms with Crippen LogP contribution in [-0.4, -0.2) is 20.6 Å². The number of rotatable bonds is 3. The van der Waals surface area contributed by atoms with Crippen molar-refractivity contribution in [3.05, 3.63) is 42.5 Å². The molecule has 2 aromatic rings. The Bertz CT molecular complexity index is 566. The molecule has 96 valence electrons. The lowest BCUT2D eigenvalue weighted by molar-refractivity contribution is -0.671. The zero-order chi connectivity index (χ0) is 12.4. The van der Waals surface area contributed by atoms with Crippen LogP contribution < -0.4 is 17.0 Å². The highest BCUT2D eigenvalue weighted by atomic mass is 35.5. The van der Waals surface area contributed by atoms with E-state index < -0.39 is 0 Å². The van der Waals surface area contributed by atoms with Gasteiger partial charge in [0.2, 0.25) is 12.1 Å². The van der Waals surface area contributed by atoms with Gasteiger partial charge in [-0.3, -0.25) is 4.79 Å². The van der Waals surface area contributed by atoms with Gasteiger partial charge in [0.05, 0.1) is 12.6 Å². The molecule has 0 saturated heterocycles. The second kappa shape index (κ2) is 5.55. The summed E-state index contributed by atoms with van der Waals surface area (Å²) in [5.41, 5.74) is 0.208. The number of halogens is 1. The lowest BCUT2D eigenvalue weighted by Crippen LogP contribution is -3.00. The quantitative estimate of drug-likeness (QED) is 0.482. The predicted octanol–water partition coefficient (Wildman–Crippen LogP) is -2.39. The maximum atomic E-state index is 11.9. The fourth-order valence-electron chi connectivity index (χ4n) is 1.60. The van der Waals surface area contributed by atoms with Gasteiger partial charge >= 0.3 is 0 Å². The molecule has 2 N–H and O–H groups in total. The molecule has 18 heavy (non-hydrogen) atoms. The van der Waals surface area contributed by atoms with E-state index in [-0.39, 0.29) is 41.8 Å². The predicted molar refractivity (Wildman–Crippen MR) is 59.7 cm³/mol. The molecule has 6 heteroatoms. The van der Waals surface area contributed by atoms with Gasteiger partial charge in [0.1, 0.15) is 23.9 Å². The Balaban J connectivity index is 0.00000162. The van der Waals surface area contributed by atoms with Crippen LogP contribution >= 0.6 is 0 Å². The lowest BCUT2D eigenvalue weighted by Gasteiger charge is -2.02. The van der Waals surface area contributed by atoms with Crippen molar-refractivity contribution in [2.75, 3.05) is 0 Å². The number of imidazole rings is 1. The fourth-order valence-corrected chi connectivity index (χ4v) is 1.60. The maximum Gasteiger partial charge on any atom is 0.243 e. The third-order valence-corrected chi connectivity index (χ3v) is 2.43. The summed E-state index contributed by atoms with van der Waals surface area (Å²) in [6.07, 6.45) is 5.37. The van der Waals surface area contributed by atoms with Gasteiger partial charge in [-0.15, -0.1) is 0 Å². The van der Waals surface area contributed by atoms with Gasteiger partial charge in [-0.1, -0.05) is 0 Å². The van der Waals surface area contributed by atoms with Crippen molar-refractivity contribution in [3.8, 4) is 11.5 Å². The van der Waals surface area contributed by atoms with E-state index in [2.05, 4.69) is 0 Å². The van der Waals surface area contributed by atoms with Gasteiger partial charge in [0.25, 0.3) is 0 Å². The number of aromatic hydroxyl groups is 2. The molecule has 0 bridgehead atoms. The molecule has 1 aromatic heterocycles. The van der Waals surface area contributed by atoms with Crippen molar-refractivity contribution in [1.82, 2.24) is 4.57 Å². The molecule has 5 nitrogen and oxygen atoms in total. The van der Waals surface area contributed by atoms with E-state index in [1.807, 2.05) is 17.8 Å². The second-order valence-electron chi connectivity index (χ2n) is 3.88. The van der Waals surface area contributed by atoms with E-state index in [0.29, 0.717) is 0 Å². The highest BCUT2D eigenvalue weighted by Gasteiger charge is 2.14. The average Bonchev–Trinajstić information content (AvgIpc) is 2.63. The number of aromatic nitrogens is 2. The van der Waals surface area contributed by atoms with Crippen molar-refractivity contribution >= 4 is 5.78 Å². The van der Waals surface area contributed by atoms with Gasteiger partial charge in [-0.05, 0) is 12.1 Å². The molecule has 0 radical (unpaired) electrons. The van der Waals surface area contributed by atoms with Crippen LogP contribution in [0.15, 0.2) is 36.9 Å². The Labute approximate surface area is 110 Å². The van der Waals surface area contributed by atoms with Crippen molar-refractivity contribution in [2.45, 2.75) is 6.54 Å². The molecule has 1 aromatic carbocycles. The van der Waals surface area contributed by atoms with Crippen LogP contribution in [0, 0.1) is 0 Å². The number of Topliss-reactive ketones (excluding diaryl/α,β-unsaturated/α-hetero) is 1. The average molecular weight is 269 g/mol. The number of phenols is 2. The van der Waals surface area contributed by atoms with E-state index in [4.69, 9.17) is 5.11 Å². The Morgan fingerprint density at radius 1 is 1.39 bits per heavy atom. The molecular formula is C12H13ClN2O3. The van der Waals surface area contributed by atoms with Crippen molar-refractivity contribution in [3.63, 3.8) is 0 Å². The Hall–Kier alpha value is -2.01. The number of phenolic OH excluding ortho intramolecular Hbond substituents is 2. The Morgan fingerprint density at radius 2 is 2.11 bits per heavy atom. The molecule has 0 amide bonds. The fraction of sp³-hybridized carbons (Fsp3) is 0.167. The van der Waals surface area contributed by atoms with E-state index in [1.54, 1.807) is 17.1 Å². The van der Waals surface area contributed by atoms with Crippen LogP contribution in [0.25, 0.3) is 0 Å². The lowest BCUT2D eigenvalue weighted by atomic mass is 10.1. The number of nitrogens with zero attached hydrogens (tertiary/aromatic N) is 2. The molecule has 0 aliphatic carbocycles. The highest BCUT2D eigenvalue weighted by molar-refractivity contribution is 5.98. The first-order valence-electron chi connectivity index (χ1n) is 5.12. The van der Waals surface area contributed by atoms with Crippen molar-refractivity contribution < 1.29 is 32.0 Å². The Morgan fingerprint density at radius 3 is 2.67 bits per heavy atom. The number of benzene rings is 1. The summed E-state index contributed by atoms with van der Waals surface area (Å²) < 4.78 is 3.54. The third-order valence-electron chi connectivity index (χ3n) is 2.43. The maximum absolute atomic E-state index is 11.9. The molecule has 1 heterocycles. The summed E-state index contributed by atoms with van der Waals surface area (Å²) in [5.74, 6) is -0.475. The minimum absolute atomic E-state index is 0. The zero-order valence-electron chi connectivity index (χ0n) is 9.75. The molecule has 0 unspecified atom stereocenters. The topological polar surface area (TPSA) is 66.3 Å². The van der Waals surface area contributed by atoms with Crippen molar-refractivity contribution in [1.29, 1.82) is 0 Å². The summed E-state index contributed by atoms with van der Waals surface area (Å²) in [5, 5.41) is 18.7. The van der Waals surface area contributed by atoms with Crippen LogP contribution in [0.5, 0.6) is 11.5 Å². The van der Waals surface area contributed by atoms with Crippen LogP contribution in [0.4, 0.5) is 0 Å². The number of hydrogen-bond acceptors (Lipinski definition) is 3. The summed E-state index contributed by atoms with van der Waals surface area (Å²) >= 11 is 0. The number of ketones is 1.